The van der Waals surface area contributed by atoms with E-state index in [9.17, 15) is 9.59 Å². The van der Waals surface area contributed by atoms with E-state index in [-0.39, 0.29) is 17.6 Å². The Morgan fingerprint density at radius 1 is 1.03 bits per heavy atom. The number of nitrogens with one attached hydrogen (secondary N) is 1. The number of anilines is 1. The van der Waals surface area contributed by atoms with Crippen molar-refractivity contribution in [3.8, 4) is 22.6 Å². The van der Waals surface area contributed by atoms with Crippen LogP contribution in [0, 0.1) is 6.92 Å². The van der Waals surface area contributed by atoms with Crippen molar-refractivity contribution >= 4 is 50.9 Å². The number of nitrogens with zero attached hydrogens (tertiary/aromatic N) is 6. The first-order chi connectivity index (χ1) is 18.9. The zero-order valence-corrected chi connectivity index (χ0v) is 23.6. The Hall–Kier alpha value is -4.09. The van der Waals surface area contributed by atoms with E-state index in [0.29, 0.717) is 27.4 Å². The lowest BCUT2D eigenvalue weighted by atomic mass is 10.0. The normalized spacial score (nSPS) is 11.1. The molecule has 0 unspecified atom stereocenters. The van der Waals surface area contributed by atoms with Gasteiger partial charge in [0.1, 0.15) is 4.88 Å². The summed E-state index contributed by atoms with van der Waals surface area (Å²) < 4.78 is 2.01. The molecule has 0 saturated carbocycles. The number of fused-ring (bicyclic) bond motifs is 1. The predicted molar refractivity (Wildman–Crippen MR) is 156 cm³/mol. The fourth-order valence-electron chi connectivity index (χ4n) is 4.13. The highest BCUT2D eigenvalue weighted by Crippen LogP contribution is 2.33. The van der Waals surface area contributed by atoms with Crippen LogP contribution in [-0.2, 0) is 11.3 Å². The van der Waals surface area contributed by atoms with Crippen LogP contribution in [0.5, 0.6) is 0 Å². The molecule has 2 amide bonds. The highest BCUT2D eigenvalue weighted by molar-refractivity contribution is 7.99. The number of thioether (sulfide) groups is 1. The summed E-state index contributed by atoms with van der Waals surface area (Å²) in [7, 11) is 3.37. The maximum Gasteiger partial charge on any atom is 0.265 e. The molecule has 3 aromatic heterocycles. The molecule has 0 saturated heterocycles. The summed E-state index contributed by atoms with van der Waals surface area (Å²) in [5.41, 5.74) is 4.28. The van der Waals surface area contributed by atoms with Crippen molar-refractivity contribution < 1.29 is 9.59 Å². The monoisotopic (exact) mass is 557 g/mol. The predicted octanol–water partition coefficient (Wildman–Crippen LogP) is 5.38. The van der Waals surface area contributed by atoms with Gasteiger partial charge in [0.15, 0.2) is 16.1 Å². The van der Waals surface area contributed by atoms with Crippen LogP contribution in [-0.4, -0.2) is 61.3 Å². The molecule has 0 fully saturated rings. The highest BCUT2D eigenvalue weighted by Gasteiger charge is 2.20. The van der Waals surface area contributed by atoms with Gasteiger partial charge in [0.05, 0.1) is 22.7 Å². The van der Waals surface area contributed by atoms with Crippen molar-refractivity contribution in [1.82, 2.24) is 29.6 Å². The van der Waals surface area contributed by atoms with Crippen molar-refractivity contribution in [1.29, 1.82) is 0 Å². The minimum absolute atomic E-state index is 0.125. The van der Waals surface area contributed by atoms with Crippen LogP contribution in [0.2, 0.25) is 0 Å². The minimum Gasteiger partial charge on any atom is -0.344 e. The van der Waals surface area contributed by atoms with E-state index in [1.54, 1.807) is 21.0 Å². The van der Waals surface area contributed by atoms with E-state index in [1.165, 1.54) is 28.0 Å². The summed E-state index contributed by atoms with van der Waals surface area (Å²) in [4.78, 5) is 36.3. The number of benzene rings is 2. The van der Waals surface area contributed by atoms with Crippen molar-refractivity contribution in [3.63, 3.8) is 0 Å². The van der Waals surface area contributed by atoms with E-state index in [4.69, 9.17) is 4.98 Å². The smallest absolute Gasteiger partial charge is 0.265 e. The molecule has 0 spiro atoms. The van der Waals surface area contributed by atoms with Gasteiger partial charge >= 0.3 is 0 Å². The van der Waals surface area contributed by atoms with Gasteiger partial charge in [-0.1, -0.05) is 71.6 Å². The van der Waals surface area contributed by atoms with Crippen molar-refractivity contribution in [2.75, 3.05) is 25.2 Å². The van der Waals surface area contributed by atoms with Crippen LogP contribution in [0.4, 0.5) is 5.13 Å². The number of pyridine rings is 1. The average molecular weight is 558 g/mol. The molecule has 9 nitrogen and oxygen atoms in total. The van der Waals surface area contributed by atoms with Gasteiger partial charge in [-0.2, -0.15) is 0 Å². The molecule has 39 heavy (non-hydrogen) atoms. The second kappa shape index (κ2) is 11.3. The Bertz CT molecular complexity index is 1660. The Kier molecular flexibility index (Phi) is 7.71. The fraction of sp³-hybridized carbons (Fsp3) is 0.214. The average Bonchev–Trinajstić information content (AvgIpc) is 3.53. The molecule has 0 bridgehead atoms. The molecule has 0 aliphatic carbocycles. The molecule has 198 valence electrons. The van der Waals surface area contributed by atoms with Crippen molar-refractivity contribution in [3.05, 3.63) is 71.2 Å². The van der Waals surface area contributed by atoms with Gasteiger partial charge in [-0.3, -0.25) is 9.59 Å². The van der Waals surface area contributed by atoms with Gasteiger partial charge in [0.2, 0.25) is 5.91 Å². The number of aromatic nitrogens is 5. The third-order valence-electron chi connectivity index (χ3n) is 6.04. The third kappa shape index (κ3) is 5.55. The topological polar surface area (TPSA) is 106 Å². The first kappa shape index (κ1) is 26.5. The summed E-state index contributed by atoms with van der Waals surface area (Å²) in [6.45, 7) is 4.42. The molecule has 11 heteroatoms. The molecule has 0 radical (unpaired) electrons. The minimum atomic E-state index is -0.231. The van der Waals surface area contributed by atoms with Crippen LogP contribution in [0.3, 0.4) is 0 Å². The summed E-state index contributed by atoms with van der Waals surface area (Å²) in [6.07, 6.45) is 0. The zero-order chi connectivity index (χ0) is 27.5. The number of rotatable bonds is 8. The Labute approximate surface area is 234 Å². The van der Waals surface area contributed by atoms with E-state index >= 15 is 0 Å². The fourth-order valence-corrected chi connectivity index (χ4v) is 5.94. The second-order valence-electron chi connectivity index (χ2n) is 8.96. The molecule has 2 aromatic carbocycles. The lowest BCUT2D eigenvalue weighted by molar-refractivity contribution is -0.113. The summed E-state index contributed by atoms with van der Waals surface area (Å²) in [5, 5.41) is 13.8. The maximum absolute atomic E-state index is 12.7. The Morgan fingerprint density at radius 2 is 1.77 bits per heavy atom. The second-order valence-corrected chi connectivity index (χ2v) is 10.9. The molecule has 1 N–H and O–H groups in total. The highest BCUT2D eigenvalue weighted by atomic mass is 32.2. The first-order valence-electron chi connectivity index (χ1n) is 12.4. The maximum atomic E-state index is 12.7. The van der Waals surface area contributed by atoms with E-state index in [2.05, 4.69) is 20.5 Å². The van der Waals surface area contributed by atoms with Crippen LogP contribution in [0.1, 0.15) is 22.3 Å². The Balaban J connectivity index is 1.39. The Morgan fingerprint density at radius 3 is 2.51 bits per heavy atom. The number of hydrogen-bond donors (Lipinski definition) is 1. The number of para-hydroxylation sites is 1. The number of hydrogen-bond acceptors (Lipinski definition) is 8. The number of amides is 2. The summed E-state index contributed by atoms with van der Waals surface area (Å²) in [6, 6.07) is 20.1. The standard InChI is InChI=1S/C28H27N7O2S2/c1-5-35-25(20-15-22(18-11-7-6-8-12-18)30-21-14-10-9-13-19(20)21)32-33-28(35)38-16-23(36)31-27-29-17(2)24(39-27)26(37)34(3)4/h6-15H,5,16H2,1-4H3,(H,29,31,36). The first-order valence-corrected chi connectivity index (χ1v) is 14.2. The van der Waals surface area contributed by atoms with Gasteiger partial charge in [-0.15, -0.1) is 10.2 Å². The molecule has 5 rings (SSSR count). The van der Waals surface area contributed by atoms with Gasteiger partial charge < -0.3 is 14.8 Å². The van der Waals surface area contributed by atoms with Gasteiger partial charge in [-0.05, 0) is 26.0 Å². The SMILES string of the molecule is CCn1c(SCC(=O)Nc2nc(C)c(C(=O)N(C)C)s2)nnc1-c1cc(-c2ccccc2)nc2ccccc12. The zero-order valence-electron chi connectivity index (χ0n) is 22.0. The van der Waals surface area contributed by atoms with E-state index in [0.717, 1.165) is 33.5 Å². The van der Waals surface area contributed by atoms with Crippen LogP contribution in [0.15, 0.2) is 65.8 Å². The third-order valence-corrected chi connectivity index (χ3v) is 8.06. The lowest BCUT2D eigenvalue weighted by Gasteiger charge is -2.11. The molecule has 0 atom stereocenters. The largest absolute Gasteiger partial charge is 0.344 e. The molecular formula is C28H27N7O2S2. The van der Waals surface area contributed by atoms with Crippen LogP contribution < -0.4 is 5.32 Å². The molecule has 5 aromatic rings. The number of carbonyl (C=O) groups is 2. The molecule has 0 aliphatic heterocycles. The van der Waals surface area contributed by atoms with Crippen LogP contribution in [0.25, 0.3) is 33.5 Å². The number of thiazole rings is 1. The van der Waals surface area contributed by atoms with Crippen molar-refractivity contribution in [2.45, 2.75) is 25.5 Å². The number of carbonyl (C=O) groups excluding carboxylic acids is 2. The summed E-state index contributed by atoms with van der Waals surface area (Å²) >= 11 is 2.48. The van der Waals surface area contributed by atoms with Gasteiger partial charge in [0.25, 0.3) is 5.91 Å². The van der Waals surface area contributed by atoms with Crippen LogP contribution >= 0.6 is 23.1 Å². The van der Waals surface area contributed by atoms with Crippen molar-refractivity contribution in [2.24, 2.45) is 0 Å². The summed E-state index contributed by atoms with van der Waals surface area (Å²) in [5.74, 6) is 0.478. The lowest BCUT2D eigenvalue weighted by Crippen LogP contribution is -2.21. The number of aryl methyl sites for hydroxylation is 1. The van der Waals surface area contributed by atoms with E-state index < -0.39 is 0 Å². The van der Waals surface area contributed by atoms with E-state index in [1.807, 2.05) is 72.2 Å². The van der Waals surface area contributed by atoms with Gasteiger partial charge in [0, 0.05) is 37.2 Å². The molecular weight excluding hydrogens is 530 g/mol. The quantitative estimate of drug-likeness (QED) is 0.255. The van der Waals surface area contributed by atoms with Gasteiger partial charge in [-0.25, -0.2) is 9.97 Å². The molecule has 3 heterocycles. The molecule has 0 aliphatic rings.